The average molecular weight is 628 g/mol. The second-order valence-electron chi connectivity index (χ2n) is 10.3. The molecule has 2 aromatic heterocycles. The number of hydrogen-bond donors (Lipinski definition) is 0. The van der Waals surface area contributed by atoms with Crippen molar-refractivity contribution in [3.05, 3.63) is 87.6 Å². The molecule has 0 atom stereocenters. The molecule has 0 radical (unpaired) electrons. The Bertz CT molecular complexity index is 1560. The molecule has 0 bridgehead atoms. The molecular formula is C30H36Cl2N8O3. The summed E-state index contributed by atoms with van der Waals surface area (Å²) in [7, 11) is 0. The first-order valence-electron chi connectivity index (χ1n) is 14.3. The van der Waals surface area contributed by atoms with Crippen molar-refractivity contribution in [3.63, 3.8) is 0 Å². The van der Waals surface area contributed by atoms with Gasteiger partial charge < -0.3 is 4.90 Å². The second-order valence-corrected chi connectivity index (χ2v) is 11.0. The molecule has 228 valence electrons. The summed E-state index contributed by atoms with van der Waals surface area (Å²) in [5.74, 6) is -0.177. The van der Waals surface area contributed by atoms with Crippen LogP contribution in [0.4, 0.5) is 10.5 Å². The Balaban J connectivity index is 0.000000203. The Kier molecular flexibility index (Phi) is 11.1. The van der Waals surface area contributed by atoms with Crippen molar-refractivity contribution in [2.24, 2.45) is 0 Å². The van der Waals surface area contributed by atoms with Crippen molar-refractivity contribution in [2.75, 3.05) is 17.3 Å². The van der Waals surface area contributed by atoms with Gasteiger partial charge in [-0.2, -0.15) is 9.78 Å². The number of nitrogens with zero attached hydrogens (tertiary/aromatic N) is 8. The van der Waals surface area contributed by atoms with E-state index < -0.39 is 11.7 Å². The number of carbonyl (C=O) groups excluding carboxylic acids is 2. The summed E-state index contributed by atoms with van der Waals surface area (Å²) in [6.45, 7) is 6.79. The van der Waals surface area contributed by atoms with Crippen LogP contribution in [0.25, 0.3) is 5.69 Å². The third-order valence-corrected chi connectivity index (χ3v) is 7.96. The highest BCUT2D eigenvalue weighted by atomic mass is 35.5. The summed E-state index contributed by atoms with van der Waals surface area (Å²) in [6, 6.07) is 14.3. The molecule has 1 aliphatic carbocycles. The minimum Gasteiger partial charge on any atom is -0.320 e. The molecule has 43 heavy (non-hydrogen) atoms. The zero-order valence-electron chi connectivity index (χ0n) is 24.6. The lowest BCUT2D eigenvalue weighted by atomic mass is 9.94. The minimum absolute atomic E-state index is 0.0466. The van der Waals surface area contributed by atoms with Crippen molar-refractivity contribution in [2.45, 2.75) is 65.6 Å². The summed E-state index contributed by atoms with van der Waals surface area (Å²) in [5.41, 5.74) is 2.80. The van der Waals surface area contributed by atoms with E-state index in [-0.39, 0.29) is 17.8 Å². The number of para-hydroxylation sites is 2. The highest BCUT2D eigenvalue weighted by Crippen LogP contribution is 2.26. The number of aryl methyl sites for hydroxylation is 2. The van der Waals surface area contributed by atoms with Gasteiger partial charge in [-0.05, 0) is 73.4 Å². The number of carbonyl (C=O) groups is 2. The standard InChI is InChI=1S/C16H20ClN5O2.C14H16ClN3O/c1-2-20(12-8-4-3-5-9-12)15(23)22-16(24)21(18-19-22)14-11-7-6-10-13(14)17;1-11-5-3-6-12(2)14(11)18(13(19)9-15)10-17-8-4-7-16-17/h6-7,10-12H,2-5,8-9H2,1H3;3-8H,9-10H2,1-2H3. The van der Waals surface area contributed by atoms with Crippen LogP contribution in [0.15, 0.2) is 65.7 Å². The molecule has 1 fully saturated rings. The monoisotopic (exact) mass is 626 g/mol. The van der Waals surface area contributed by atoms with Gasteiger partial charge in [0.1, 0.15) is 12.5 Å². The number of hydrogen-bond acceptors (Lipinski definition) is 6. The average Bonchev–Trinajstić information content (AvgIpc) is 3.67. The molecule has 0 N–H and O–H groups in total. The Morgan fingerprint density at radius 2 is 1.67 bits per heavy atom. The fourth-order valence-corrected chi connectivity index (χ4v) is 5.67. The van der Waals surface area contributed by atoms with Crippen molar-refractivity contribution in [1.82, 2.24) is 34.5 Å². The molecule has 2 aromatic carbocycles. The number of aromatic nitrogens is 6. The van der Waals surface area contributed by atoms with E-state index in [1.54, 1.807) is 44.9 Å². The predicted octanol–water partition coefficient (Wildman–Crippen LogP) is 5.43. The van der Waals surface area contributed by atoms with Gasteiger partial charge in [0, 0.05) is 25.0 Å². The lowest BCUT2D eigenvalue weighted by Gasteiger charge is -2.32. The van der Waals surface area contributed by atoms with Crippen LogP contribution in [0.2, 0.25) is 5.02 Å². The van der Waals surface area contributed by atoms with E-state index in [9.17, 15) is 14.4 Å². The van der Waals surface area contributed by atoms with Crippen LogP contribution in [-0.4, -0.2) is 64.9 Å². The number of benzene rings is 2. The number of tetrazole rings is 1. The first-order chi connectivity index (χ1) is 20.8. The summed E-state index contributed by atoms with van der Waals surface area (Å²) >= 11 is 11.8. The maximum absolute atomic E-state index is 12.8. The molecule has 5 rings (SSSR count). The molecule has 0 spiro atoms. The van der Waals surface area contributed by atoms with Crippen LogP contribution in [0.5, 0.6) is 0 Å². The molecule has 2 heterocycles. The van der Waals surface area contributed by atoms with Crippen LogP contribution in [-0.2, 0) is 11.5 Å². The number of halogens is 2. The van der Waals surface area contributed by atoms with E-state index in [2.05, 4.69) is 15.5 Å². The van der Waals surface area contributed by atoms with Crippen LogP contribution >= 0.6 is 23.2 Å². The van der Waals surface area contributed by atoms with Gasteiger partial charge in [0.25, 0.3) is 0 Å². The molecular weight excluding hydrogens is 591 g/mol. The molecule has 13 heteroatoms. The largest absolute Gasteiger partial charge is 0.377 e. The maximum Gasteiger partial charge on any atom is 0.377 e. The van der Waals surface area contributed by atoms with Crippen molar-refractivity contribution in [1.29, 1.82) is 0 Å². The normalized spacial score (nSPS) is 13.2. The summed E-state index contributed by atoms with van der Waals surface area (Å²) in [4.78, 5) is 40.8. The SMILES string of the molecule is CCN(C(=O)n1nnn(-c2ccccc2Cl)c1=O)C1CCCCC1.Cc1cccc(C)c1N(Cn1cccn1)C(=O)CCl. The van der Waals surface area contributed by atoms with Crippen LogP contribution in [0, 0.1) is 13.8 Å². The van der Waals surface area contributed by atoms with Crippen LogP contribution in [0.3, 0.4) is 0 Å². The van der Waals surface area contributed by atoms with E-state index in [1.165, 1.54) is 6.42 Å². The smallest absolute Gasteiger partial charge is 0.320 e. The van der Waals surface area contributed by atoms with Gasteiger partial charge in [-0.1, -0.05) is 61.2 Å². The number of alkyl halides is 1. The van der Waals surface area contributed by atoms with Gasteiger partial charge in [-0.25, -0.2) is 9.59 Å². The molecule has 1 saturated carbocycles. The van der Waals surface area contributed by atoms with Gasteiger partial charge in [-0.3, -0.25) is 14.4 Å². The Morgan fingerprint density at radius 1 is 0.977 bits per heavy atom. The topological polar surface area (TPSA) is 111 Å². The zero-order valence-corrected chi connectivity index (χ0v) is 26.1. The Morgan fingerprint density at radius 3 is 2.28 bits per heavy atom. The minimum atomic E-state index is -0.609. The first kappa shape index (κ1) is 32.0. The van der Waals surface area contributed by atoms with Gasteiger partial charge in [0.05, 0.1) is 16.4 Å². The van der Waals surface area contributed by atoms with E-state index in [0.717, 1.165) is 51.9 Å². The number of anilines is 1. The third kappa shape index (κ3) is 7.52. The highest BCUT2D eigenvalue weighted by molar-refractivity contribution is 6.32. The van der Waals surface area contributed by atoms with E-state index in [4.69, 9.17) is 23.2 Å². The number of amides is 2. The first-order valence-corrected chi connectivity index (χ1v) is 15.2. The fourth-order valence-electron chi connectivity index (χ4n) is 5.31. The van der Waals surface area contributed by atoms with Gasteiger partial charge in [0.15, 0.2) is 0 Å². The molecule has 0 unspecified atom stereocenters. The lowest BCUT2D eigenvalue weighted by Crippen LogP contribution is -2.46. The molecule has 4 aromatic rings. The molecule has 11 nitrogen and oxygen atoms in total. The van der Waals surface area contributed by atoms with Crippen LogP contribution < -0.4 is 10.6 Å². The summed E-state index contributed by atoms with van der Waals surface area (Å²) < 4.78 is 3.58. The highest BCUT2D eigenvalue weighted by Gasteiger charge is 2.28. The Hall–Kier alpha value is -3.96. The third-order valence-electron chi connectivity index (χ3n) is 7.42. The molecule has 1 aliphatic rings. The van der Waals surface area contributed by atoms with Gasteiger partial charge in [0.2, 0.25) is 5.91 Å². The van der Waals surface area contributed by atoms with Crippen molar-refractivity contribution < 1.29 is 9.59 Å². The van der Waals surface area contributed by atoms with Crippen molar-refractivity contribution in [3.8, 4) is 5.69 Å². The van der Waals surface area contributed by atoms with Crippen molar-refractivity contribution >= 4 is 40.8 Å². The molecule has 2 amide bonds. The summed E-state index contributed by atoms with van der Waals surface area (Å²) in [5, 5.41) is 12.1. The predicted molar refractivity (Wildman–Crippen MR) is 167 cm³/mol. The second kappa shape index (κ2) is 15.0. The maximum atomic E-state index is 12.8. The lowest BCUT2D eigenvalue weighted by molar-refractivity contribution is -0.116. The van der Waals surface area contributed by atoms with E-state index >= 15 is 0 Å². The number of rotatable bonds is 7. The summed E-state index contributed by atoms with van der Waals surface area (Å²) in [6.07, 6.45) is 8.85. The quantitative estimate of drug-likeness (QED) is 0.200. The molecule has 0 saturated heterocycles. The fraction of sp³-hybridized carbons (Fsp3) is 0.400. The zero-order chi connectivity index (χ0) is 30.9. The van der Waals surface area contributed by atoms with E-state index in [0.29, 0.717) is 23.9 Å². The van der Waals surface area contributed by atoms with Gasteiger partial charge >= 0.3 is 11.7 Å². The van der Waals surface area contributed by atoms with Crippen LogP contribution in [0.1, 0.15) is 50.2 Å². The van der Waals surface area contributed by atoms with Gasteiger partial charge in [-0.15, -0.1) is 16.3 Å². The Labute approximate surface area is 260 Å². The van der Waals surface area contributed by atoms with E-state index in [1.807, 2.05) is 51.2 Å². The molecule has 0 aliphatic heterocycles.